The normalized spacial score (nSPS) is 18.2. The molecule has 2 aromatic rings. The van der Waals surface area contributed by atoms with Crippen LogP contribution in [0, 0.1) is 17.2 Å². The van der Waals surface area contributed by atoms with Gasteiger partial charge in [-0.3, -0.25) is 14.5 Å². The van der Waals surface area contributed by atoms with Crippen molar-refractivity contribution in [3.8, 4) is 6.07 Å². The fourth-order valence-electron chi connectivity index (χ4n) is 4.62. The summed E-state index contributed by atoms with van der Waals surface area (Å²) in [5.41, 5.74) is -0.656. The number of rotatable bonds is 6. The molecule has 0 N–H and O–H groups in total. The quantitative estimate of drug-likeness (QED) is 0.411. The number of benzene rings is 2. The van der Waals surface area contributed by atoms with Gasteiger partial charge >= 0.3 is 18.2 Å². The molecule has 1 unspecified atom stereocenters. The number of esters is 1. The number of Topliss-reactive ketones (excluding diaryl/α,β-unsaturated/α-hetero) is 1. The summed E-state index contributed by atoms with van der Waals surface area (Å²) in [5, 5.41) is 9.24. The Morgan fingerprint density at radius 2 is 1.72 bits per heavy atom. The summed E-state index contributed by atoms with van der Waals surface area (Å²) < 4.78 is 46.1. The summed E-state index contributed by atoms with van der Waals surface area (Å²) in [6, 6.07) is 10.8. The minimum absolute atomic E-state index is 0.0825. The van der Waals surface area contributed by atoms with E-state index >= 15 is 0 Å². The molecule has 1 atom stereocenters. The van der Waals surface area contributed by atoms with E-state index in [2.05, 4.69) is 0 Å². The second kappa shape index (κ2) is 10.2. The highest BCUT2D eigenvalue weighted by atomic mass is 19.4. The molecule has 4 rings (SSSR count). The smallest absolute Gasteiger partial charge is 0.416 e. The number of ketones is 1. The van der Waals surface area contributed by atoms with Crippen molar-refractivity contribution >= 4 is 23.5 Å². The highest BCUT2D eigenvalue weighted by Crippen LogP contribution is 2.45. The number of hydrogen-bond acceptors (Lipinski definition) is 5. The van der Waals surface area contributed by atoms with Gasteiger partial charge in [0.25, 0.3) is 0 Å². The lowest BCUT2D eigenvalue weighted by Crippen LogP contribution is -2.53. The van der Waals surface area contributed by atoms with Crippen LogP contribution < -0.4 is 4.90 Å². The lowest BCUT2D eigenvalue weighted by atomic mass is 9.88. The molecule has 0 saturated heterocycles. The number of alkyl halides is 3. The minimum Gasteiger partial charge on any atom is -0.459 e. The number of carbonyl (C=O) groups excluding carboxylic acids is 3. The van der Waals surface area contributed by atoms with Crippen molar-refractivity contribution in [3.63, 3.8) is 0 Å². The topological polar surface area (TPSA) is 90.7 Å². The molecule has 1 fully saturated rings. The van der Waals surface area contributed by atoms with Crippen LogP contribution in [0.1, 0.15) is 63.3 Å². The molecular weight excluding hydrogens is 511 g/mol. The Balaban J connectivity index is 1.91. The van der Waals surface area contributed by atoms with Gasteiger partial charge in [-0.1, -0.05) is 18.2 Å². The molecule has 0 spiro atoms. The van der Waals surface area contributed by atoms with Gasteiger partial charge in [-0.25, -0.2) is 4.79 Å². The molecule has 2 aliphatic rings. The van der Waals surface area contributed by atoms with Crippen LogP contribution in [0.5, 0.6) is 0 Å². The zero-order valence-corrected chi connectivity index (χ0v) is 22.0. The monoisotopic (exact) mass is 539 g/mol. The van der Waals surface area contributed by atoms with Crippen molar-refractivity contribution in [1.82, 2.24) is 4.90 Å². The third-order valence-corrected chi connectivity index (χ3v) is 6.47. The summed E-state index contributed by atoms with van der Waals surface area (Å²) in [7, 11) is 0. The van der Waals surface area contributed by atoms with E-state index in [0.29, 0.717) is 24.0 Å². The van der Waals surface area contributed by atoms with Crippen molar-refractivity contribution < 1.29 is 32.3 Å². The molecule has 1 aliphatic heterocycles. The zero-order chi connectivity index (χ0) is 28.7. The first-order chi connectivity index (χ1) is 18.2. The molecule has 0 aromatic heterocycles. The van der Waals surface area contributed by atoms with Crippen molar-refractivity contribution in [2.45, 2.75) is 58.4 Å². The van der Waals surface area contributed by atoms with Crippen LogP contribution in [0.25, 0.3) is 0 Å². The van der Waals surface area contributed by atoms with Crippen LogP contribution in [-0.4, -0.2) is 34.8 Å². The van der Waals surface area contributed by atoms with Gasteiger partial charge < -0.3 is 9.64 Å². The van der Waals surface area contributed by atoms with Gasteiger partial charge in [-0.15, -0.1) is 0 Å². The number of hydrogen-bond donors (Lipinski definition) is 0. The Labute approximate surface area is 224 Å². The maximum atomic E-state index is 14.0. The minimum atomic E-state index is -4.65. The number of halogens is 3. The molecule has 1 saturated carbocycles. The molecule has 204 valence electrons. The second-order valence-electron chi connectivity index (χ2n) is 10.7. The first kappa shape index (κ1) is 27.9. The summed E-state index contributed by atoms with van der Waals surface area (Å²) >= 11 is 0. The van der Waals surface area contributed by atoms with Gasteiger partial charge in [0.1, 0.15) is 12.1 Å². The van der Waals surface area contributed by atoms with Crippen LogP contribution in [0.3, 0.4) is 0 Å². The van der Waals surface area contributed by atoms with Crippen LogP contribution in [0.4, 0.5) is 23.7 Å². The Morgan fingerprint density at radius 1 is 1.08 bits per heavy atom. The molecule has 2 amide bonds. The molecule has 7 nitrogen and oxygen atoms in total. The average molecular weight is 540 g/mol. The van der Waals surface area contributed by atoms with E-state index < -0.39 is 41.9 Å². The van der Waals surface area contributed by atoms with Crippen LogP contribution in [0.15, 0.2) is 59.8 Å². The van der Waals surface area contributed by atoms with E-state index in [0.717, 1.165) is 21.9 Å². The van der Waals surface area contributed by atoms with E-state index in [1.54, 1.807) is 45.0 Å². The third-order valence-electron chi connectivity index (χ3n) is 6.47. The average Bonchev–Trinajstić information content (AvgIpc) is 3.69. The first-order valence-electron chi connectivity index (χ1n) is 12.5. The predicted molar refractivity (Wildman–Crippen MR) is 136 cm³/mol. The predicted octanol–water partition coefficient (Wildman–Crippen LogP) is 6.16. The third kappa shape index (κ3) is 5.98. The summed E-state index contributed by atoms with van der Waals surface area (Å²) in [6.45, 7) is 5.98. The molecule has 10 heteroatoms. The van der Waals surface area contributed by atoms with Crippen molar-refractivity contribution in [1.29, 1.82) is 5.26 Å². The van der Waals surface area contributed by atoms with Crippen LogP contribution in [0.2, 0.25) is 0 Å². The Morgan fingerprint density at radius 3 is 2.26 bits per heavy atom. The standard InChI is InChI=1S/C29H28F3N3O4/c1-17-24(26(37)20-12-13-20)25(19-10-8-18(15-33)9-11-19)34(16-23(36)39-28(2,3)4)27(38)35(17)22-7-5-6-21(14-22)29(30,31)32/h5-11,14,20,25H,12-13,16H2,1-4H3. The molecule has 1 heterocycles. The molecule has 1 aliphatic carbocycles. The number of anilines is 1. The summed E-state index contributed by atoms with van der Waals surface area (Å²) in [4.78, 5) is 42.9. The number of urea groups is 1. The van der Waals surface area contributed by atoms with Gasteiger partial charge in [0.15, 0.2) is 5.78 Å². The van der Waals surface area contributed by atoms with Gasteiger partial charge in [0, 0.05) is 17.2 Å². The van der Waals surface area contributed by atoms with Gasteiger partial charge in [0.2, 0.25) is 0 Å². The lowest BCUT2D eigenvalue weighted by Gasteiger charge is -2.43. The largest absolute Gasteiger partial charge is 0.459 e. The number of allylic oxidation sites excluding steroid dienone is 1. The van der Waals surface area contributed by atoms with Crippen molar-refractivity contribution in [2.24, 2.45) is 5.92 Å². The van der Waals surface area contributed by atoms with Gasteiger partial charge in [0.05, 0.1) is 28.9 Å². The number of nitrogens with zero attached hydrogens (tertiary/aromatic N) is 3. The van der Waals surface area contributed by atoms with E-state index in [9.17, 15) is 32.8 Å². The number of ether oxygens (including phenoxy) is 1. The molecule has 0 bridgehead atoms. The van der Waals surface area contributed by atoms with Gasteiger partial charge in [-0.2, -0.15) is 18.4 Å². The molecule has 2 aromatic carbocycles. The van der Waals surface area contributed by atoms with E-state index in [4.69, 9.17) is 4.74 Å². The van der Waals surface area contributed by atoms with E-state index in [1.165, 1.54) is 19.1 Å². The number of nitriles is 1. The first-order valence-corrected chi connectivity index (χ1v) is 12.5. The Hall–Kier alpha value is -4.13. The fourth-order valence-corrected chi connectivity index (χ4v) is 4.62. The summed E-state index contributed by atoms with van der Waals surface area (Å²) in [5.74, 6) is -1.26. The van der Waals surface area contributed by atoms with E-state index in [1.807, 2.05) is 6.07 Å². The highest BCUT2D eigenvalue weighted by molar-refractivity contribution is 6.07. The zero-order valence-electron chi connectivity index (χ0n) is 22.0. The maximum absolute atomic E-state index is 14.0. The maximum Gasteiger partial charge on any atom is 0.416 e. The van der Waals surface area contributed by atoms with Crippen LogP contribution >= 0.6 is 0 Å². The molecular formula is C29H28F3N3O4. The molecule has 0 radical (unpaired) electrons. The second-order valence-corrected chi connectivity index (χ2v) is 10.7. The fraction of sp³-hybridized carbons (Fsp3) is 0.379. The van der Waals surface area contributed by atoms with E-state index in [-0.39, 0.29) is 28.7 Å². The Kier molecular flexibility index (Phi) is 7.30. The Bertz CT molecular complexity index is 1380. The lowest BCUT2D eigenvalue weighted by molar-refractivity contribution is -0.156. The highest BCUT2D eigenvalue weighted by Gasteiger charge is 2.46. The number of carbonyl (C=O) groups is 3. The SMILES string of the molecule is CC1=C(C(=O)C2CC2)C(c2ccc(C#N)cc2)N(CC(=O)OC(C)(C)C)C(=O)N1c1cccc(C(F)(F)F)c1. The van der Waals surface area contributed by atoms with Crippen molar-refractivity contribution in [3.05, 3.63) is 76.5 Å². The van der Waals surface area contributed by atoms with Gasteiger partial charge in [-0.05, 0) is 76.4 Å². The molecule has 39 heavy (non-hydrogen) atoms. The van der Waals surface area contributed by atoms with Crippen LogP contribution in [-0.2, 0) is 20.5 Å². The van der Waals surface area contributed by atoms with Crippen molar-refractivity contribution in [2.75, 3.05) is 11.4 Å². The number of amides is 2. The summed E-state index contributed by atoms with van der Waals surface area (Å²) in [6.07, 6.45) is -3.35.